The largest absolute Gasteiger partial charge is 0.448 e. The summed E-state index contributed by atoms with van der Waals surface area (Å²) in [5.41, 5.74) is 3.63. The number of esters is 1. The Kier molecular flexibility index (Phi) is 7.75. The van der Waals surface area contributed by atoms with Crippen molar-refractivity contribution in [3.63, 3.8) is 0 Å². The summed E-state index contributed by atoms with van der Waals surface area (Å²) in [5, 5.41) is 3.13. The van der Waals surface area contributed by atoms with E-state index in [0.29, 0.717) is 17.9 Å². The van der Waals surface area contributed by atoms with Crippen molar-refractivity contribution in [2.75, 3.05) is 5.75 Å². The second kappa shape index (κ2) is 11.4. The van der Waals surface area contributed by atoms with Crippen molar-refractivity contribution in [1.82, 2.24) is 10.2 Å². The molecule has 9 heteroatoms. The van der Waals surface area contributed by atoms with Crippen LogP contribution in [0, 0.1) is 0 Å². The minimum absolute atomic E-state index is 0.173. The molecular formula is C31H26Cl2N2O4S. The zero-order valence-corrected chi connectivity index (χ0v) is 23.6. The van der Waals surface area contributed by atoms with E-state index in [0.717, 1.165) is 16.7 Å². The molecule has 3 aromatic carbocycles. The number of hydrogen-bond acceptors (Lipinski definition) is 6. The first-order valence-electron chi connectivity index (χ1n) is 12.9. The van der Waals surface area contributed by atoms with Crippen LogP contribution in [0.1, 0.15) is 22.8 Å². The smallest absolute Gasteiger partial charge is 0.356 e. The van der Waals surface area contributed by atoms with Gasteiger partial charge in [0.25, 0.3) is 0 Å². The Morgan fingerprint density at radius 3 is 2.17 bits per heavy atom. The molecule has 6 rings (SSSR count). The quantitative estimate of drug-likeness (QED) is 0.148. The van der Waals surface area contributed by atoms with E-state index in [1.54, 1.807) is 28.8 Å². The van der Waals surface area contributed by atoms with Crippen molar-refractivity contribution in [3.8, 4) is 0 Å². The van der Waals surface area contributed by atoms with Crippen molar-refractivity contribution >= 4 is 46.8 Å². The van der Waals surface area contributed by atoms with Crippen molar-refractivity contribution in [1.29, 1.82) is 0 Å². The van der Waals surface area contributed by atoms with Gasteiger partial charge in [-0.05, 0) is 28.3 Å². The number of nitrogens with zero attached hydrogens (tertiary/aromatic N) is 1. The molecule has 3 aliphatic rings. The van der Waals surface area contributed by atoms with Crippen molar-refractivity contribution < 1.29 is 19.1 Å². The monoisotopic (exact) mass is 592 g/mol. The van der Waals surface area contributed by atoms with Gasteiger partial charge in [0.2, 0.25) is 10.4 Å². The third-order valence-electron chi connectivity index (χ3n) is 7.02. The number of β-lactam (4-membered cyclic amide) rings is 1. The molecule has 204 valence electrons. The molecule has 0 bridgehead atoms. The lowest BCUT2D eigenvalue weighted by molar-refractivity contribution is -0.154. The van der Waals surface area contributed by atoms with E-state index in [1.807, 2.05) is 91.0 Å². The SMILES string of the molecule is O=C(OC(c1ccccc1)c1ccccc1)C1=C(C=CC2OC2(Cl)Cl)CSC2C(NCc3ccccc3)C(=O)N12. The molecule has 3 heterocycles. The molecule has 2 fully saturated rings. The highest BCUT2D eigenvalue weighted by Gasteiger charge is 2.55. The number of allylic oxidation sites excluding steroid dienone is 1. The van der Waals surface area contributed by atoms with Crippen LogP contribution in [-0.4, -0.2) is 44.6 Å². The Balaban J connectivity index is 1.28. The van der Waals surface area contributed by atoms with Crippen LogP contribution in [-0.2, 0) is 25.6 Å². The van der Waals surface area contributed by atoms with E-state index >= 15 is 0 Å². The van der Waals surface area contributed by atoms with Crippen LogP contribution in [0.5, 0.6) is 0 Å². The summed E-state index contributed by atoms with van der Waals surface area (Å²) in [6, 6.07) is 28.6. The fourth-order valence-electron chi connectivity index (χ4n) is 4.88. The third kappa shape index (κ3) is 5.57. The lowest BCUT2D eigenvalue weighted by Crippen LogP contribution is -2.69. The summed E-state index contributed by atoms with van der Waals surface area (Å²) in [6.45, 7) is 0.551. The number of epoxide rings is 1. The Labute approximate surface area is 246 Å². The van der Waals surface area contributed by atoms with Gasteiger partial charge >= 0.3 is 5.97 Å². The fourth-order valence-corrected chi connectivity index (χ4v) is 6.56. The topological polar surface area (TPSA) is 71.2 Å². The van der Waals surface area contributed by atoms with Crippen LogP contribution < -0.4 is 5.32 Å². The highest BCUT2D eigenvalue weighted by molar-refractivity contribution is 8.00. The Morgan fingerprint density at radius 2 is 1.60 bits per heavy atom. The van der Waals surface area contributed by atoms with E-state index in [-0.39, 0.29) is 17.0 Å². The van der Waals surface area contributed by atoms with E-state index in [4.69, 9.17) is 32.7 Å². The predicted molar refractivity (Wildman–Crippen MR) is 156 cm³/mol. The molecule has 0 spiro atoms. The van der Waals surface area contributed by atoms with Gasteiger partial charge in [-0.15, -0.1) is 11.8 Å². The molecule has 1 N–H and O–H groups in total. The molecule has 3 atom stereocenters. The van der Waals surface area contributed by atoms with Gasteiger partial charge in [-0.25, -0.2) is 4.79 Å². The minimum atomic E-state index is -1.27. The summed E-state index contributed by atoms with van der Waals surface area (Å²) in [4.78, 5) is 29.0. The van der Waals surface area contributed by atoms with Gasteiger partial charge < -0.3 is 9.47 Å². The number of rotatable bonds is 9. The summed E-state index contributed by atoms with van der Waals surface area (Å²) >= 11 is 13.6. The maximum Gasteiger partial charge on any atom is 0.356 e. The Hall–Kier alpha value is -3.07. The number of nitrogens with one attached hydrogen (secondary N) is 1. The summed E-state index contributed by atoms with van der Waals surface area (Å²) < 4.78 is 10.2. The summed E-state index contributed by atoms with van der Waals surface area (Å²) in [6.07, 6.45) is 2.34. The molecule has 0 radical (unpaired) electrons. The first-order chi connectivity index (χ1) is 19.4. The summed E-state index contributed by atoms with van der Waals surface area (Å²) in [7, 11) is 0. The van der Waals surface area contributed by atoms with E-state index in [2.05, 4.69) is 5.32 Å². The maximum atomic E-state index is 14.0. The lowest BCUT2D eigenvalue weighted by Gasteiger charge is -2.50. The average Bonchev–Trinajstić information content (AvgIpc) is 3.61. The van der Waals surface area contributed by atoms with Crippen LogP contribution in [0.2, 0.25) is 0 Å². The van der Waals surface area contributed by atoms with Crippen molar-refractivity contribution in [2.24, 2.45) is 0 Å². The van der Waals surface area contributed by atoms with Crippen LogP contribution in [0.15, 0.2) is 114 Å². The first-order valence-corrected chi connectivity index (χ1v) is 14.7. The average molecular weight is 594 g/mol. The van der Waals surface area contributed by atoms with Gasteiger partial charge in [0, 0.05) is 12.3 Å². The van der Waals surface area contributed by atoms with Gasteiger partial charge in [-0.1, -0.05) is 120 Å². The molecule has 0 aromatic heterocycles. The molecular weight excluding hydrogens is 567 g/mol. The molecule has 3 aromatic rings. The van der Waals surface area contributed by atoms with Gasteiger partial charge in [-0.2, -0.15) is 0 Å². The van der Waals surface area contributed by atoms with Gasteiger partial charge in [0.1, 0.15) is 23.2 Å². The van der Waals surface area contributed by atoms with Gasteiger partial charge in [0.15, 0.2) is 6.10 Å². The summed E-state index contributed by atoms with van der Waals surface area (Å²) in [5.74, 6) is -0.240. The predicted octanol–water partition coefficient (Wildman–Crippen LogP) is 5.73. The van der Waals surface area contributed by atoms with Crippen LogP contribution in [0.4, 0.5) is 0 Å². The van der Waals surface area contributed by atoms with Gasteiger partial charge in [-0.3, -0.25) is 15.0 Å². The number of carbonyl (C=O) groups is 2. The number of amides is 1. The molecule has 40 heavy (non-hydrogen) atoms. The molecule has 0 saturated carbocycles. The van der Waals surface area contributed by atoms with Crippen LogP contribution in [0.25, 0.3) is 0 Å². The number of halogens is 2. The van der Waals surface area contributed by atoms with E-state index in [9.17, 15) is 9.59 Å². The Bertz CT molecular complexity index is 1410. The Morgan fingerprint density at radius 1 is 1.02 bits per heavy atom. The highest BCUT2D eigenvalue weighted by Crippen LogP contribution is 2.46. The minimum Gasteiger partial charge on any atom is -0.448 e. The number of fused-ring (bicyclic) bond motifs is 1. The van der Waals surface area contributed by atoms with Gasteiger partial charge in [0.05, 0.1) is 0 Å². The number of ether oxygens (including phenoxy) is 2. The standard InChI is InChI=1S/C31H26Cl2N2O4S/c32-31(33)24(39-31)17-16-23-19-40-29-25(34-18-20-10-4-1-5-11-20)28(36)35(29)26(23)30(37)38-27(21-12-6-2-7-13-21)22-14-8-3-9-15-22/h1-17,24-25,27,29,34H,18-19H2. The molecule has 0 aliphatic carbocycles. The van der Waals surface area contributed by atoms with Crippen molar-refractivity contribution in [3.05, 3.63) is 131 Å². The third-order valence-corrected chi connectivity index (χ3v) is 8.93. The molecule has 6 nitrogen and oxygen atoms in total. The molecule has 3 unspecified atom stereocenters. The lowest BCUT2D eigenvalue weighted by atomic mass is 10.00. The number of benzene rings is 3. The maximum absolute atomic E-state index is 14.0. The van der Waals surface area contributed by atoms with Crippen molar-refractivity contribution in [2.45, 2.75) is 34.7 Å². The van der Waals surface area contributed by atoms with E-state index in [1.165, 1.54) is 0 Å². The first kappa shape index (κ1) is 27.1. The second-order valence-corrected chi connectivity index (χ2v) is 12.1. The number of alkyl halides is 2. The zero-order valence-electron chi connectivity index (χ0n) is 21.3. The number of carbonyl (C=O) groups excluding carboxylic acids is 2. The molecule has 3 aliphatic heterocycles. The normalized spacial score (nSPS) is 23.2. The van der Waals surface area contributed by atoms with Crippen LogP contribution >= 0.6 is 35.0 Å². The molecule has 1 amide bonds. The number of hydrogen-bond donors (Lipinski definition) is 1. The molecule has 2 saturated heterocycles. The number of thioether (sulfide) groups is 1. The second-order valence-electron chi connectivity index (χ2n) is 9.69. The highest BCUT2D eigenvalue weighted by atomic mass is 35.5. The van der Waals surface area contributed by atoms with Crippen LogP contribution in [0.3, 0.4) is 0 Å². The van der Waals surface area contributed by atoms with E-state index < -0.39 is 28.7 Å². The zero-order chi connectivity index (χ0) is 27.7. The fraction of sp³-hybridized carbons (Fsp3) is 0.226.